The summed E-state index contributed by atoms with van der Waals surface area (Å²) < 4.78 is 4.90. The van der Waals surface area contributed by atoms with Gasteiger partial charge in [-0.05, 0) is 24.8 Å². The zero-order chi connectivity index (χ0) is 8.97. The molecule has 0 fully saturated rings. The predicted octanol–water partition coefficient (Wildman–Crippen LogP) is 2.49. The Balaban J connectivity index is 2.79. The van der Waals surface area contributed by atoms with Crippen molar-refractivity contribution in [3.63, 3.8) is 0 Å². The molecule has 0 aliphatic rings. The summed E-state index contributed by atoms with van der Waals surface area (Å²) >= 11 is 1.60. The van der Waals surface area contributed by atoms with Gasteiger partial charge in [-0.15, -0.1) is 11.3 Å². The van der Waals surface area contributed by atoms with Gasteiger partial charge < -0.3 is 4.74 Å². The molecule has 0 amide bonds. The maximum atomic E-state index is 11.3. The molecule has 0 atom stereocenters. The zero-order valence-corrected chi connectivity index (χ0v) is 8.11. The molecule has 0 aromatic carbocycles. The van der Waals surface area contributed by atoms with Crippen LogP contribution in [0.25, 0.3) is 0 Å². The van der Waals surface area contributed by atoms with E-state index in [1.165, 1.54) is 0 Å². The number of ether oxygens (including phenoxy) is 1. The van der Waals surface area contributed by atoms with Gasteiger partial charge in [0.25, 0.3) is 0 Å². The number of rotatable bonds is 3. The van der Waals surface area contributed by atoms with Crippen LogP contribution < -0.4 is 0 Å². The van der Waals surface area contributed by atoms with E-state index in [1.54, 1.807) is 11.3 Å². The minimum absolute atomic E-state index is 0.199. The highest BCUT2D eigenvalue weighted by Gasteiger charge is 2.11. The van der Waals surface area contributed by atoms with Gasteiger partial charge in [0.15, 0.2) is 0 Å². The summed E-state index contributed by atoms with van der Waals surface area (Å²) in [4.78, 5) is 12.4. The maximum Gasteiger partial charge on any atom is 0.339 e. The van der Waals surface area contributed by atoms with Crippen molar-refractivity contribution in [2.24, 2.45) is 0 Å². The molecule has 0 saturated heterocycles. The van der Waals surface area contributed by atoms with Gasteiger partial charge in [-0.25, -0.2) is 4.79 Å². The van der Waals surface area contributed by atoms with Crippen molar-refractivity contribution >= 4 is 17.3 Å². The summed E-state index contributed by atoms with van der Waals surface area (Å²) in [6.07, 6.45) is 0.895. The van der Waals surface area contributed by atoms with E-state index in [2.05, 4.69) is 0 Å². The van der Waals surface area contributed by atoms with Gasteiger partial charge in [-0.3, -0.25) is 0 Å². The zero-order valence-electron chi connectivity index (χ0n) is 7.29. The lowest BCUT2D eigenvalue weighted by molar-refractivity contribution is 0.0526. The lowest BCUT2D eigenvalue weighted by atomic mass is 10.2. The molecular formula is C9H12O2S. The Labute approximate surface area is 76.2 Å². The Morgan fingerprint density at radius 3 is 2.92 bits per heavy atom. The van der Waals surface area contributed by atoms with E-state index in [4.69, 9.17) is 4.74 Å². The van der Waals surface area contributed by atoms with Crippen molar-refractivity contribution in [3.8, 4) is 0 Å². The average Bonchev–Trinajstić information content (AvgIpc) is 2.51. The molecule has 0 unspecified atom stereocenters. The van der Waals surface area contributed by atoms with Crippen molar-refractivity contribution < 1.29 is 9.53 Å². The minimum atomic E-state index is -0.199. The summed E-state index contributed by atoms with van der Waals surface area (Å²) in [5, 5.41) is 1.92. The molecule has 0 N–H and O–H groups in total. The first-order valence-electron chi connectivity index (χ1n) is 4.03. The van der Waals surface area contributed by atoms with Crippen LogP contribution in [0.5, 0.6) is 0 Å². The molecule has 3 heteroatoms. The Kier molecular flexibility index (Phi) is 3.29. The summed E-state index contributed by atoms with van der Waals surface area (Å²) in [6.45, 7) is 4.29. The highest BCUT2D eigenvalue weighted by Crippen LogP contribution is 2.17. The van der Waals surface area contributed by atoms with E-state index in [0.717, 1.165) is 16.9 Å². The molecule has 66 valence electrons. The van der Waals surface area contributed by atoms with E-state index in [-0.39, 0.29) is 5.97 Å². The highest BCUT2D eigenvalue weighted by molar-refractivity contribution is 7.10. The molecule has 0 radical (unpaired) electrons. The SMILES string of the molecule is CCOC(=O)c1ccsc1CC. The molecule has 0 spiro atoms. The second-order valence-corrected chi connectivity index (χ2v) is 3.33. The number of thiophene rings is 1. The molecular weight excluding hydrogens is 172 g/mol. The first-order chi connectivity index (χ1) is 5.79. The molecule has 12 heavy (non-hydrogen) atoms. The number of hydrogen-bond donors (Lipinski definition) is 0. The number of carbonyl (C=O) groups excluding carboxylic acids is 1. The van der Waals surface area contributed by atoms with E-state index in [1.807, 2.05) is 25.3 Å². The Morgan fingerprint density at radius 2 is 2.33 bits per heavy atom. The number of hydrogen-bond acceptors (Lipinski definition) is 3. The second-order valence-electron chi connectivity index (χ2n) is 2.33. The van der Waals surface area contributed by atoms with Crippen LogP contribution in [0.1, 0.15) is 29.1 Å². The molecule has 0 saturated carbocycles. The number of carbonyl (C=O) groups is 1. The van der Waals surface area contributed by atoms with Crippen LogP contribution in [-0.2, 0) is 11.2 Å². The van der Waals surface area contributed by atoms with Gasteiger partial charge in [-0.1, -0.05) is 6.92 Å². The molecule has 0 aliphatic heterocycles. The van der Waals surface area contributed by atoms with Crippen molar-refractivity contribution in [2.45, 2.75) is 20.3 Å². The second kappa shape index (κ2) is 4.26. The normalized spacial score (nSPS) is 9.83. The van der Waals surface area contributed by atoms with Gasteiger partial charge in [0, 0.05) is 4.88 Å². The third-order valence-corrected chi connectivity index (χ3v) is 2.63. The summed E-state index contributed by atoms with van der Waals surface area (Å²) in [7, 11) is 0. The van der Waals surface area contributed by atoms with Gasteiger partial charge >= 0.3 is 5.97 Å². The van der Waals surface area contributed by atoms with Crippen molar-refractivity contribution in [1.29, 1.82) is 0 Å². The Morgan fingerprint density at radius 1 is 1.58 bits per heavy atom. The standard InChI is InChI=1S/C9H12O2S/c1-3-8-7(5-6-12-8)9(10)11-4-2/h5-6H,3-4H2,1-2H3. The third kappa shape index (κ3) is 1.85. The number of aryl methyl sites for hydroxylation is 1. The van der Waals surface area contributed by atoms with Crippen LogP contribution in [0.3, 0.4) is 0 Å². The minimum Gasteiger partial charge on any atom is -0.462 e. The van der Waals surface area contributed by atoms with Crippen LogP contribution in [0, 0.1) is 0 Å². The van der Waals surface area contributed by atoms with E-state index < -0.39 is 0 Å². The van der Waals surface area contributed by atoms with Gasteiger partial charge in [0.2, 0.25) is 0 Å². The van der Waals surface area contributed by atoms with Gasteiger partial charge in [0.1, 0.15) is 0 Å². The first kappa shape index (κ1) is 9.26. The summed E-state index contributed by atoms with van der Waals surface area (Å²) in [5.41, 5.74) is 0.726. The molecule has 2 nitrogen and oxygen atoms in total. The topological polar surface area (TPSA) is 26.3 Å². The third-order valence-electron chi connectivity index (χ3n) is 1.56. The fraction of sp³-hybridized carbons (Fsp3) is 0.444. The predicted molar refractivity (Wildman–Crippen MR) is 49.7 cm³/mol. The van der Waals surface area contributed by atoms with Gasteiger partial charge in [0.05, 0.1) is 12.2 Å². The Bertz CT molecular complexity index is 265. The fourth-order valence-electron chi connectivity index (χ4n) is 1.01. The van der Waals surface area contributed by atoms with Gasteiger partial charge in [-0.2, -0.15) is 0 Å². The highest BCUT2D eigenvalue weighted by atomic mass is 32.1. The van der Waals surface area contributed by atoms with E-state index >= 15 is 0 Å². The number of esters is 1. The van der Waals surface area contributed by atoms with Crippen molar-refractivity contribution in [1.82, 2.24) is 0 Å². The molecule has 1 aromatic rings. The van der Waals surface area contributed by atoms with E-state index in [9.17, 15) is 4.79 Å². The van der Waals surface area contributed by atoms with Crippen LogP contribution in [0.15, 0.2) is 11.4 Å². The fourth-order valence-corrected chi connectivity index (χ4v) is 1.82. The Hall–Kier alpha value is -0.830. The maximum absolute atomic E-state index is 11.3. The smallest absolute Gasteiger partial charge is 0.339 e. The van der Waals surface area contributed by atoms with Crippen LogP contribution in [0.4, 0.5) is 0 Å². The monoisotopic (exact) mass is 184 g/mol. The average molecular weight is 184 g/mol. The lowest BCUT2D eigenvalue weighted by Gasteiger charge is -2.00. The molecule has 0 bridgehead atoms. The van der Waals surface area contributed by atoms with Crippen LogP contribution >= 0.6 is 11.3 Å². The van der Waals surface area contributed by atoms with Crippen molar-refractivity contribution in [3.05, 3.63) is 21.9 Å². The summed E-state index contributed by atoms with van der Waals surface area (Å²) in [6, 6.07) is 1.82. The molecule has 1 aromatic heterocycles. The van der Waals surface area contributed by atoms with Crippen LogP contribution in [0.2, 0.25) is 0 Å². The summed E-state index contributed by atoms with van der Waals surface area (Å²) in [5.74, 6) is -0.199. The lowest BCUT2D eigenvalue weighted by Crippen LogP contribution is -2.05. The van der Waals surface area contributed by atoms with Crippen molar-refractivity contribution in [2.75, 3.05) is 6.61 Å². The largest absolute Gasteiger partial charge is 0.462 e. The van der Waals surface area contributed by atoms with E-state index in [0.29, 0.717) is 6.61 Å². The first-order valence-corrected chi connectivity index (χ1v) is 4.91. The molecule has 0 aliphatic carbocycles. The molecule has 1 heterocycles. The van der Waals surface area contributed by atoms with Crippen LogP contribution in [-0.4, -0.2) is 12.6 Å². The molecule has 1 rings (SSSR count). The quantitative estimate of drug-likeness (QED) is 0.674.